The van der Waals surface area contributed by atoms with Crippen LogP contribution in [0.2, 0.25) is 0 Å². The molecule has 0 spiro atoms. The summed E-state index contributed by atoms with van der Waals surface area (Å²) < 4.78 is 20.7. The third kappa shape index (κ3) is 5.03. The van der Waals surface area contributed by atoms with Gasteiger partial charge in [-0.25, -0.2) is 4.79 Å². The maximum atomic E-state index is 12.2. The van der Waals surface area contributed by atoms with Crippen LogP contribution in [0, 0.1) is 6.92 Å². The van der Waals surface area contributed by atoms with Gasteiger partial charge in [0, 0.05) is 17.5 Å². The van der Waals surface area contributed by atoms with E-state index in [2.05, 4.69) is 0 Å². The molecule has 5 N–H and O–H groups in total. The van der Waals surface area contributed by atoms with Crippen LogP contribution < -0.4 is 4.74 Å². The fourth-order valence-corrected chi connectivity index (χ4v) is 4.06. The van der Waals surface area contributed by atoms with Crippen LogP contribution in [-0.2, 0) is 32.0 Å². The molecule has 0 bridgehead atoms. The standard InChI is InChI=1S/C23H30O11/c1-10(5-7-15(25)34-23-20(29)19(28)18(27)14(8-24)33-23)4-6-12-17(26)16-13(9-32-22(16)30)11(2)21(12)31-3/h4,14,18-20,23-24,26-29H,5-9H2,1-3H3/b10-4+/t14?,18-,19?,20?,23+/m1/s1. The summed E-state index contributed by atoms with van der Waals surface area (Å²) in [4.78, 5) is 24.2. The first kappa shape index (κ1) is 25.9. The number of hydrogen-bond acceptors (Lipinski definition) is 11. The molecule has 0 aromatic heterocycles. The molecule has 1 saturated heterocycles. The molecule has 1 aromatic rings. The van der Waals surface area contributed by atoms with Crippen molar-refractivity contribution >= 4 is 11.9 Å². The second-order valence-corrected chi connectivity index (χ2v) is 8.36. The number of benzene rings is 1. The molecular weight excluding hydrogens is 452 g/mol. The number of hydrogen-bond donors (Lipinski definition) is 5. The van der Waals surface area contributed by atoms with E-state index in [0.717, 1.165) is 5.57 Å². The highest BCUT2D eigenvalue weighted by molar-refractivity contribution is 5.98. The van der Waals surface area contributed by atoms with Crippen molar-refractivity contribution in [2.24, 2.45) is 0 Å². The molecule has 0 aliphatic carbocycles. The zero-order valence-corrected chi connectivity index (χ0v) is 19.2. The molecule has 11 nitrogen and oxygen atoms in total. The van der Waals surface area contributed by atoms with Crippen LogP contribution in [-0.4, -0.2) is 81.9 Å². The summed E-state index contributed by atoms with van der Waals surface area (Å²) in [6, 6.07) is 0. The van der Waals surface area contributed by atoms with E-state index in [1.54, 1.807) is 19.9 Å². The van der Waals surface area contributed by atoms with Crippen molar-refractivity contribution in [3.05, 3.63) is 33.9 Å². The summed E-state index contributed by atoms with van der Waals surface area (Å²) >= 11 is 0. The molecule has 188 valence electrons. The quantitative estimate of drug-likeness (QED) is 0.249. The van der Waals surface area contributed by atoms with Crippen LogP contribution in [0.15, 0.2) is 11.6 Å². The van der Waals surface area contributed by atoms with Crippen LogP contribution in [0.1, 0.15) is 46.8 Å². The van der Waals surface area contributed by atoms with E-state index in [-0.39, 0.29) is 37.2 Å². The van der Waals surface area contributed by atoms with E-state index >= 15 is 0 Å². The van der Waals surface area contributed by atoms with Gasteiger partial charge >= 0.3 is 11.9 Å². The monoisotopic (exact) mass is 482 g/mol. The average molecular weight is 482 g/mol. The molecule has 3 unspecified atom stereocenters. The molecule has 1 fully saturated rings. The Morgan fingerprint density at radius 3 is 2.53 bits per heavy atom. The van der Waals surface area contributed by atoms with Crippen LogP contribution in [0.3, 0.4) is 0 Å². The van der Waals surface area contributed by atoms with Crippen molar-refractivity contribution in [3.63, 3.8) is 0 Å². The first-order valence-corrected chi connectivity index (χ1v) is 10.8. The number of carbonyl (C=O) groups excluding carboxylic acids is 2. The van der Waals surface area contributed by atoms with Crippen molar-refractivity contribution in [1.29, 1.82) is 0 Å². The highest BCUT2D eigenvalue weighted by Gasteiger charge is 2.45. The number of phenolic OH excluding ortho intramolecular Hbond substituents is 1. The van der Waals surface area contributed by atoms with Gasteiger partial charge in [-0.3, -0.25) is 4.79 Å². The summed E-state index contributed by atoms with van der Waals surface area (Å²) in [5.74, 6) is -1.03. The van der Waals surface area contributed by atoms with Gasteiger partial charge in [0.05, 0.1) is 13.7 Å². The Kier molecular flexibility index (Phi) is 8.16. The Labute approximate surface area is 196 Å². The topological polar surface area (TPSA) is 172 Å². The molecule has 1 aromatic carbocycles. The van der Waals surface area contributed by atoms with Gasteiger partial charge in [0.25, 0.3) is 0 Å². The Bertz CT molecular complexity index is 968. The number of fused-ring (bicyclic) bond motifs is 1. The second kappa shape index (κ2) is 10.7. The summed E-state index contributed by atoms with van der Waals surface area (Å²) in [5, 5.41) is 49.4. The number of allylic oxidation sites excluding steroid dienone is 2. The summed E-state index contributed by atoms with van der Waals surface area (Å²) in [7, 11) is 1.47. The highest BCUT2D eigenvalue weighted by atomic mass is 16.7. The maximum Gasteiger partial charge on any atom is 0.342 e. The smallest absolute Gasteiger partial charge is 0.342 e. The van der Waals surface area contributed by atoms with E-state index in [0.29, 0.717) is 22.4 Å². The lowest BCUT2D eigenvalue weighted by Gasteiger charge is -2.39. The average Bonchev–Trinajstić information content (AvgIpc) is 3.21. The molecule has 11 heteroatoms. The van der Waals surface area contributed by atoms with Gasteiger partial charge < -0.3 is 44.5 Å². The van der Waals surface area contributed by atoms with E-state index < -0.39 is 49.3 Å². The highest BCUT2D eigenvalue weighted by Crippen LogP contribution is 2.42. The lowest BCUT2D eigenvalue weighted by atomic mass is 9.94. The zero-order chi connectivity index (χ0) is 25.2. The number of methoxy groups -OCH3 is 1. The summed E-state index contributed by atoms with van der Waals surface area (Å²) in [5.41, 5.74) is 2.67. The third-order valence-corrected chi connectivity index (χ3v) is 6.12. The molecular formula is C23H30O11. The van der Waals surface area contributed by atoms with Gasteiger partial charge in [0.2, 0.25) is 6.29 Å². The molecule has 2 heterocycles. The molecule has 5 atom stereocenters. The SMILES string of the molecule is COc1c(C)c2c(c(O)c1C/C=C(\C)CCC(=O)O[C@@H]1OC(CO)[C@@H](O)C(O)C1O)C(=O)OC2. The number of cyclic esters (lactones) is 1. The molecule has 0 radical (unpaired) electrons. The van der Waals surface area contributed by atoms with Gasteiger partial charge in [-0.2, -0.15) is 0 Å². The number of rotatable bonds is 8. The normalized spacial score (nSPS) is 26.7. The first-order valence-electron chi connectivity index (χ1n) is 10.8. The van der Waals surface area contributed by atoms with Crippen molar-refractivity contribution in [3.8, 4) is 11.5 Å². The van der Waals surface area contributed by atoms with Crippen molar-refractivity contribution in [2.75, 3.05) is 13.7 Å². The number of aliphatic hydroxyl groups is 4. The number of ether oxygens (including phenoxy) is 4. The summed E-state index contributed by atoms with van der Waals surface area (Å²) in [6.07, 6.45) is -5.31. The number of phenols is 1. The third-order valence-electron chi connectivity index (χ3n) is 6.12. The molecule has 2 aliphatic heterocycles. The predicted octanol–water partition coefficient (Wildman–Crippen LogP) is -0.00828. The lowest BCUT2D eigenvalue weighted by Crippen LogP contribution is -2.59. The van der Waals surface area contributed by atoms with Crippen molar-refractivity contribution in [1.82, 2.24) is 0 Å². The van der Waals surface area contributed by atoms with E-state index in [1.165, 1.54) is 7.11 Å². The lowest BCUT2D eigenvalue weighted by molar-refractivity contribution is -0.292. The van der Waals surface area contributed by atoms with Gasteiger partial charge in [0.15, 0.2) is 0 Å². The van der Waals surface area contributed by atoms with Crippen LogP contribution in [0.4, 0.5) is 0 Å². The number of carbonyl (C=O) groups is 2. The first-order chi connectivity index (χ1) is 16.1. The van der Waals surface area contributed by atoms with E-state index in [9.17, 15) is 35.1 Å². The molecule has 34 heavy (non-hydrogen) atoms. The molecule has 0 saturated carbocycles. The van der Waals surface area contributed by atoms with Crippen LogP contribution >= 0.6 is 0 Å². The fourth-order valence-electron chi connectivity index (χ4n) is 4.06. The maximum absolute atomic E-state index is 12.2. The number of aliphatic hydroxyl groups excluding tert-OH is 4. The van der Waals surface area contributed by atoms with Gasteiger partial charge in [0.1, 0.15) is 48.1 Å². The number of esters is 2. The number of aromatic hydroxyl groups is 1. The molecule has 3 rings (SSSR count). The van der Waals surface area contributed by atoms with Crippen molar-refractivity contribution < 1.29 is 54.1 Å². The zero-order valence-electron chi connectivity index (χ0n) is 19.2. The van der Waals surface area contributed by atoms with E-state index in [4.69, 9.17) is 18.9 Å². The molecule has 0 amide bonds. The van der Waals surface area contributed by atoms with Crippen LogP contribution in [0.25, 0.3) is 0 Å². The van der Waals surface area contributed by atoms with Crippen LogP contribution in [0.5, 0.6) is 11.5 Å². The predicted molar refractivity (Wildman–Crippen MR) is 115 cm³/mol. The Morgan fingerprint density at radius 1 is 1.18 bits per heavy atom. The minimum Gasteiger partial charge on any atom is -0.507 e. The second-order valence-electron chi connectivity index (χ2n) is 8.36. The fraction of sp³-hybridized carbons (Fsp3) is 0.565. The minimum atomic E-state index is -1.66. The van der Waals surface area contributed by atoms with Crippen molar-refractivity contribution in [2.45, 2.75) is 70.4 Å². The van der Waals surface area contributed by atoms with E-state index in [1.807, 2.05) is 0 Å². The van der Waals surface area contributed by atoms with Gasteiger partial charge in [-0.1, -0.05) is 11.6 Å². The van der Waals surface area contributed by atoms with Gasteiger partial charge in [-0.15, -0.1) is 0 Å². The largest absolute Gasteiger partial charge is 0.507 e. The Balaban J connectivity index is 1.62. The minimum absolute atomic E-state index is 0.0734. The van der Waals surface area contributed by atoms with Gasteiger partial charge in [-0.05, 0) is 32.3 Å². The molecule has 2 aliphatic rings. The Hall–Kier alpha value is -2.70. The Morgan fingerprint density at radius 2 is 1.88 bits per heavy atom. The summed E-state index contributed by atoms with van der Waals surface area (Å²) in [6.45, 7) is 3.01.